The minimum Gasteiger partial charge on any atom is -0.492 e. The number of carbonyl (C=O) groups is 1. The molecule has 0 saturated carbocycles. The Morgan fingerprint density at radius 1 is 1.12 bits per heavy atom. The molecule has 0 aliphatic rings. The summed E-state index contributed by atoms with van der Waals surface area (Å²) in [6.07, 6.45) is 0. The lowest BCUT2D eigenvalue weighted by Crippen LogP contribution is -2.31. The summed E-state index contributed by atoms with van der Waals surface area (Å²) in [5.74, 6) is 0.536. The number of amides is 1. The van der Waals surface area contributed by atoms with Crippen LogP contribution in [0, 0.1) is 6.92 Å². The van der Waals surface area contributed by atoms with E-state index in [-0.39, 0.29) is 24.0 Å². The molecule has 1 amide bonds. The first-order valence-corrected chi connectivity index (χ1v) is 9.27. The van der Waals surface area contributed by atoms with E-state index in [9.17, 15) is 13.2 Å². The van der Waals surface area contributed by atoms with Crippen molar-refractivity contribution in [2.24, 2.45) is 0 Å². The highest BCUT2D eigenvalue weighted by Gasteiger charge is 2.20. The number of hydrogen-bond donors (Lipinski definition) is 1. The van der Waals surface area contributed by atoms with Gasteiger partial charge in [0, 0.05) is 26.2 Å². The van der Waals surface area contributed by atoms with Crippen molar-refractivity contribution in [3.8, 4) is 5.75 Å². The molecule has 0 heterocycles. The zero-order valence-corrected chi connectivity index (χ0v) is 15.3. The monoisotopic (exact) mass is 362 g/mol. The molecule has 0 fully saturated rings. The number of carbonyl (C=O) groups excluding carboxylic acids is 1. The Balaban J connectivity index is 1.98. The minimum absolute atomic E-state index is 0.167. The van der Waals surface area contributed by atoms with Gasteiger partial charge < -0.3 is 10.1 Å². The van der Waals surface area contributed by atoms with Crippen LogP contribution in [0.1, 0.15) is 12.5 Å². The second-order valence-corrected chi connectivity index (χ2v) is 7.69. The van der Waals surface area contributed by atoms with Crippen LogP contribution in [0.4, 0.5) is 5.69 Å². The molecule has 2 rings (SSSR count). The number of anilines is 1. The summed E-state index contributed by atoms with van der Waals surface area (Å²) in [6.45, 7) is 3.81. The molecule has 0 aliphatic carbocycles. The molecule has 0 aliphatic heterocycles. The minimum atomic E-state index is -3.61. The third-order valence-electron chi connectivity index (χ3n) is 3.64. The number of ether oxygens (including phenoxy) is 1. The lowest BCUT2D eigenvalue weighted by atomic mass is 10.2. The van der Waals surface area contributed by atoms with Crippen molar-refractivity contribution in [1.82, 2.24) is 4.31 Å². The van der Waals surface area contributed by atoms with Crippen molar-refractivity contribution in [3.05, 3.63) is 54.1 Å². The number of para-hydroxylation sites is 1. The number of sulfonamides is 1. The molecule has 134 valence electrons. The Morgan fingerprint density at radius 3 is 2.36 bits per heavy atom. The molecule has 0 bridgehead atoms. The van der Waals surface area contributed by atoms with Gasteiger partial charge in [-0.3, -0.25) is 4.79 Å². The Labute approximate surface area is 148 Å². The summed E-state index contributed by atoms with van der Waals surface area (Å²) in [7, 11) is -2.10. The molecule has 0 unspecified atom stereocenters. The summed E-state index contributed by atoms with van der Waals surface area (Å²) in [5, 5.41) is 2.60. The average molecular weight is 362 g/mol. The molecule has 0 atom stereocenters. The standard InChI is InChI=1S/C18H22N2O4S/c1-14-6-4-5-7-18(14)24-13-12-20(3)25(22,23)17-10-8-16(9-11-17)19-15(2)21/h4-11H,12-13H2,1-3H3,(H,19,21). The van der Waals surface area contributed by atoms with E-state index >= 15 is 0 Å². The molecule has 0 aromatic heterocycles. The Bertz CT molecular complexity index is 832. The van der Waals surface area contributed by atoms with Gasteiger partial charge in [-0.1, -0.05) is 18.2 Å². The van der Waals surface area contributed by atoms with Crippen molar-refractivity contribution >= 4 is 21.6 Å². The van der Waals surface area contributed by atoms with E-state index in [0.717, 1.165) is 11.3 Å². The summed E-state index contributed by atoms with van der Waals surface area (Å²) in [4.78, 5) is 11.2. The number of nitrogens with one attached hydrogen (secondary N) is 1. The van der Waals surface area contributed by atoms with Crippen LogP contribution in [0.3, 0.4) is 0 Å². The first-order valence-electron chi connectivity index (χ1n) is 7.83. The maximum atomic E-state index is 12.6. The van der Waals surface area contributed by atoms with E-state index in [4.69, 9.17) is 4.74 Å². The van der Waals surface area contributed by atoms with Gasteiger partial charge in [0.1, 0.15) is 12.4 Å². The number of likely N-dealkylation sites (N-methyl/N-ethyl adjacent to an activating group) is 1. The molecule has 0 saturated heterocycles. The van der Waals surface area contributed by atoms with Crippen LogP contribution in [0.15, 0.2) is 53.4 Å². The van der Waals surface area contributed by atoms with Crippen LogP contribution >= 0.6 is 0 Å². The maximum Gasteiger partial charge on any atom is 0.242 e. The van der Waals surface area contributed by atoms with E-state index in [2.05, 4.69) is 5.32 Å². The Morgan fingerprint density at radius 2 is 1.76 bits per heavy atom. The molecular formula is C18H22N2O4S. The van der Waals surface area contributed by atoms with Gasteiger partial charge in [-0.15, -0.1) is 0 Å². The van der Waals surface area contributed by atoms with Crippen molar-refractivity contribution in [1.29, 1.82) is 0 Å². The van der Waals surface area contributed by atoms with E-state index in [1.807, 2.05) is 31.2 Å². The van der Waals surface area contributed by atoms with Gasteiger partial charge in [-0.25, -0.2) is 8.42 Å². The molecule has 6 nitrogen and oxygen atoms in total. The molecule has 0 radical (unpaired) electrons. The van der Waals surface area contributed by atoms with Gasteiger partial charge >= 0.3 is 0 Å². The fourth-order valence-electron chi connectivity index (χ4n) is 2.22. The highest BCUT2D eigenvalue weighted by Crippen LogP contribution is 2.19. The van der Waals surface area contributed by atoms with Gasteiger partial charge in [-0.05, 0) is 42.8 Å². The predicted molar refractivity (Wildman–Crippen MR) is 97.2 cm³/mol. The average Bonchev–Trinajstić information content (AvgIpc) is 2.56. The number of rotatable bonds is 7. The lowest BCUT2D eigenvalue weighted by molar-refractivity contribution is -0.114. The van der Waals surface area contributed by atoms with E-state index < -0.39 is 10.0 Å². The Hall–Kier alpha value is -2.38. The third-order valence-corrected chi connectivity index (χ3v) is 5.51. The van der Waals surface area contributed by atoms with Gasteiger partial charge in [-0.2, -0.15) is 4.31 Å². The molecule has 7 heteroatoms. The highest BCUT2D eigenvalue weighted by molar-refractivity contribution is 7.89. The summed E-state index contributed by atoms with van der Waals surface area (Å²) in [5.41, 5.74) is 1.55. The smallest absolute Gasteiger partial charge is 0.242 e. The number of hydrogen-bond acceptors (Lipinski definition) is 4. The van der Waals surface area contributed by atoms with Crippen molar-refractivity contribution in [2.45, 2.75) is 18.7 Å². The summed E-state index contributed by atoms with van der Waals surface area (Å²) >= 11 is 0. The van der Waals surface area contributed by atoms with E-state index in [0.29, 0.717) is 5.69 Å². The quantitative estimate of drug-likeness (QED) is 0.822. The SMILES string of the molecule is CC(=O)Nc1ccc(S(=O)(=O)N(C)CCOc2ccccc2C)cc1. The molecular weight excluding hydrogens is 340 g/mol. The second kappa shape index (κ2) is 8.13. The third kappa shape index (κ3) is 5.04. The van der Waals surface area contributed by atoms with Crippen molar-refractivity contribution in [3.63, 3.8) is 0 Å². The lowest BCUT2D eigenvalue weighted by Gasteiger charge is -2.18. The van der Waals surface area contributed by atoms with Crippen molar-refractivity contribution < 1.29 is 17.9 Å². The van der Waals surface area contributed by atoms with Crippen LogP contribution in [0.2, 0.25) is 0 Å². The fraction of sp³-hybridized carbons (Fsp3) is 0.278. The maximum absolute atomic E-state index is 12.6. The first kappa shape index (κ1) is 19.0. The van der Waals surface area contributed by atoms with Gasteiger partial charge in [0.2, 0.25) is 15.9 Å². The van der Waals surface area contributed by atoms with Crippen LogP contribution in [-0.4, -0.2) is 38.8 Å². The zero-order chi connectivity index (χ0) is 18.4. The topological polar surface area (TPSA) is 75.7 Å². The van der Waals surface area contributed by atoms with Crippen LogP contribution < -0.4 is 10.1 Å². The molecule has 2 aromatic carbocycles. The highest BCUT2D eigenvalue weighted by atomic mass is 32.2. The zero-order valence-electron chi connectivity index (χ0n) is 14.5. The largest absolute Gasteiger partial charge is 0.492 e. The van der Waals surface area contributed by atoms with E-state index in [1.165, 1.54) is 30.4 Å². The number of benzene rings is 2. The summed E-state index contributed by atoms with van der Waals surface area (Å²) < 4.78 is 32.0. The molecule has 25 heavy (non-hydrogen) atoms. The van der Waals surface area contributed by atoms with Crippen LogP contribution in [0.5, 0.6) is 5.75 Å². The molecule has 0 spiro atoms. The molecule has 2 aromatic rings. The number of nitrogens with zero attached hydrogens (tertiary/aromatic N) is 1. The number of aryl methyl sites for hydroxylation is 1. The van der Waals surface area contributed by atoms with Gasteiger partial charge in [0.05, 0.1) is 4.90 Å². The van der Waals surface area contributed by atoms with Crippen LogP contribution in [-0.2, 0) is 14.8 Å². The Kier molecular flexibility index (Phi) is 6.17. The van der Waals surface area contributed by atoms with E-state index in [1.54, 1.807) is 12.1 Å². The normalized spacial score (nSPS) is 11.4. The second-order valence-electron chi connectivity index (χ2n) is 5.65. The fourth-order valence-corrected chi connectivity index (χ4v) is 3.37. The van der Waals surface area contributed by atoms with Crippen LogP contribution in [0.25, 0.3) is 0 Å². The van der Waals surface area contributed by atoms with Gasteiger partial charge in [0.25, 0.3) is 0 Å². The summed E-state index contributed by atoms with van der Waals surface area (Å²) in [6, 6.07) is 13.6. The first-order chi connectivity index (χ1) is 11.8. The molecule has 1 N–H and O–H groups in total. The predicted octanol–water partition coefficient (Wildman–Crippen LogP) is 2.65. The van der Waals surface area contributed by atoms with Gasteiger partial charge in [0.15, 0.2) is 0 Å². The van der Waals surface area contributed by atoms with Crippen molar-refractivity contribution in [2.75, 3.05) is 25.5 Å².